The van der Waals surface area contributed by atoms with Crippen molar-refractivity contribution in [3.8, 4) is 11.5 Å². The molecule has 2 rings (SSSR count). The molecule has 0 unspecified atom stereocenters. The normalized spacial score (nSPS) is 11.5. The van der Waals surface area contributed by atoms with Crippen molar-refractivity contribution in [3.05, 3.63) is 54.1 Å². The zero-order valence-corrected chi connectivity index (χ0v) is 19.7. The maximum Gasteiger partial charge on any atom is 0.294 e. The number of unbranched alkanes of at least 4 members (excludes halogenated alkanes) is 11. The van der Waals surface area contributed by atoms with Crippen LogP contribution in [-0.2, 0) is 16.5 Å². The van der Waals surface area contributed by atoms with Crippen LogP contribution >= 0.6 is 0 Å². The first-order chi connectivity index (χ1) is 15.0. The summed E-state index contributed by atoms with van der Waals surface area (Å²) in [5.41, 5.74) is 0.869. The van der Waals surface area contributed by atoms with Gasteiger partial charge in [-0.05, 0) is 42.7 Å². The third kappa shape index (κ3) is 10.8. The van der Waals surface area contributed by atoms with Gasteiger partial charge in [0.25, 0.3) is 10.1 Å². The number of hydrogen-bond donors (Lipinski definition) is 1. The fraction of sp³-hybridized carbons (Fsp3) is 0.538. The first-order valence-electron chi connectivity index (χ1n) is 11.8. The molecular weight excluding hydrogens is 408 g/mol. The van der Waals surface area contributed by atoms with E-state index in [4.69, 9.17) is 4.74 Å². The van der Waals surface area contributed by atoms with Crippen LogP contribution in [0.1, 0.15) is 89.5 Å². The first-order valence-corrected chi connectivity index (χ1v) is 13.3. The molecule has 2 aromatic carbocycles. The summed E-state index contributed by atoms with van der Waals surface area (Å²) < 4.78 is 38.6. The number of aryl methyl sites for hydroxylation is 1. The van der Waals surface area contributed by atoms with E-state index in [1.807, 2.05) is 36.4 Å². The summed E-state index contributed by atoms with van der Waals surface area (Å²) in [7, 11) is -4.28. The molecule has 0 amide bonds. The monoisotopic (exact) mass is 446 g/mol. The number of rotatable bonds is 16. The van der Waals surface area contributed by atoms with E-state index in [-0.39, 0.29) is 4.90 Å². The van der Waals surface area contributed by atoms with Crippen LogP contribution in [0.15, 0.2) is 53.4 Å². The predicted molar refractivity (Wildman–Crippen MR) is 128 cm³/mol. The molecule has 31 heavy (non-hydrogen) atoms. The van der Waals surface area contributed by atoms with Crippen molar-refractivity contribution in [2.24, 2.45) is 0 Å². The lowest BCUT2D eigenvalue weighted by Gasteiger charge is -2.10. The second-order valence-corrected chi connectivity index (χ2v) is 9.76. The Bertz CT molecular complexity index is 847. The molecule has 5 heteroatoms. The molecule has 0 aliphatic rings. The summed E-state index contributed by atoms with van der Waals surface area (Å²) >= 11 is 0. The summed E-state index contributed by atoms with van der Waals surface area (Å²) in [5.74, 6) is 1.06. The Morgan fingerprint density at radius 3 is 1.81 bits per heavy atom. The van der Waals surface area contributed by atoms with E-state index in [1.54, 1.807) is 6.07 Å². The Balaban J connectivity index is 1.73. The maximum absolute atomic E-state index is 11.7. The summed E-state index contributed by atoms with van der Waals surface area (Å²) in [6.45, 7) is 2.25. The lowest BCUT2D eigenvalue weighted by atomic mass is 10.0. The van der Waals surface area contributed by atoms with Gasteiger partial charge in [0.2, 0.25) is 0 Å². The number of para-hydroxylation sites is 1. The van der Waals surface area contributed by atoms with Crippen LogP contribution in [0.4, 0.5) is 0 Å². The summed E-state index contributed by atoms with van der Waals surface area (Å²) in [4.78, 5) is -0.116. The molecule has 0 spiro atoms. The Morgan fingerprint density at radius 2 is 1.26 bits per heavy atom. The third-order valence-electron chi connectivity index (χ3n) is 5.54. The predicted octanol–water partition coefficient (Wildman–Crippen LogP) is 7.97. The van der Waals surface area contributed by atoms with Crippen LogP contribution < -0.4 is 4.74 Å². The van der Waals surface area contributed by atoms with Crippen molar-refractivity contribution >= 4 is 10.1 Å². The van der Waals surface area contributed by atoms with E-state index in [9.17, 15) is 13.0 Å². The third-order valence-corrected chi connectivity index (χ3v) is 6.37. The van der Waals surface area contributed by atoms with Gasteiger partial charge >= 0.3 is 0 Å². The van der Waals surface area contributed by atoms with Gasteiger partial charge in [-0.25, -0.2) is 0 Å². The highest BCUT2D eigenvalue weighted by atomic mass is 32.2. The molecule has 0 aliphatic carbocycles. The second kappa shape index (κ2) is 14.3. The minimum Gasteiger partial charge on any atom is -0.457 e. The average molecular weight is 447 g/mol. The van der Waals surface area contributed by atoms with Crippen molar-refractivity contribution in [2.45, 2.75) is 95.3 Å². The van der Waals surface area contributed by atoms with Crippen molar-refractivity contribution < 1.29 is 17.7 Å². The van der Waals surface area contributed by atoms with E-state index in [0.29, 0.717) is 11.5 Å². The van der Waals surface area contributed by atoms with Crippen LogP contribution in [0.5, 0.6) is 11.5 Å². The van der Waals surface area contributed by atoms with E-state index >= 15 is 0 Å². The number of hydrogen-bond acceptors (Lipinski definition) is 3. The summed E-state index contributed by atoms with van der Waals surface area (Å²) in [5, 5.41) is 0. The lowest BCUT2D eigenvalue weighted by Crippen LogP contribution is -2.00. The number of benzene rings is 2. The zero-order valence-electron chi connectivity index (χ0n) is 18.9. The lowest BCUT2D eigenvalue weighted by molar-refractivity contribution is 0.470. The smallest absolute Gasteiger partial charge is 0.294 e. The SMILES string of the molecule is CCCCCCCCCCCCCCc1cc(Oc2ccccc2)cc(S(=O)(=O)O)c1. The fourth-order valence-corrected chi connectivity index (χ4v) is 4.34. The van der Waals surface area contributed by atoms with E-state index < -0.39 is 10.1 Å². The van der Waals surface area contributed by atoms with E-state index in [1.165, 1.54) is 70.3 Å². The molecule has 0 atom stereocenters. The highest BCUT2D eigenvalue weighted by Gasteiger charge is 2.13. The average Bonchev–Trinajstić information content (AvgIpc) is 2.74. The van der Waals surface area contributed by atoms with Gasteiger partial charge in [0, 0.05) is 6.07 Å². The molecule has 0 bridgehead atoms. The molecule has 172 valence electrons. The van der Waals surface area contributed by atoms with Gasteiger partial charge in [-0.1, -0.05) is 95.8 Å². The van der Waals surface area contributed by atoms with E-state index in [2.05, 4.69) is 6.92 Å². The van der Waals surface area contributed by atoms with Crippen LogP contribution in [0, 0.1) is 0 Å². The Kier molecular flexibility index (Phi) is 11.7. The van der Waals surface area contributed by atoms with Gasteiger partial charge in [-0.2, -0.15) is 8.42 Å². The van der Waals surface area contributed by atoms with Crippen molar-refractivity contribution in [1.82, 2.24) is 0 Å². The van der Waals surface area contributed by atoms with Gasteiger partial charge < -0.3 is 4.74 Å². The molecule has 0 saturated heterocycles. The molecule has 0 saturated carbocycles. The van der Waals surface area contributed by atoms with Gasteiger partial charge in [0.15, 0.2) is 0 Å². The Labute approximate surface area is 188 Å². The highest BCUT2D eigenvalue weighted by molar-refractivity contribution is 7.85. The molecule has 1 N–H and O–H groups in total. The van der Waals surface area contributed by atoms with Crippen LogP contribution in [0.3, 0.4) is 0 Å². The molecule has 0 heterocycles. The zero-order chi connectivity index (χ0) is 22.4. The minimum absolute atomic E-state index is 0.116. The largest absolute Gasteiger partial charge is 0.457 e. The van der Waals surface area contributed by atoms with Crippen molar-refractivity contribution in [1.29, 1.82) is 0 Å². The Morgan fingerprint density at radius 1 is 0.710 bits per heavy atom. The summed E-state index contributed by atoms with van der Waals surface area (Å²) in [6.07, 6.45) is 16.2. The van der Waals surface area contributed by atoms with E-state index in [0.717, 1.165) is 24.8 Å². The topological polar surface area (TPSA) is 63.6 Å². The molecule has 0 radical (unpaired) electrons. The second-order valence-electron chi connectivity index (χ2n) is 8.34. The Hall–Kier alpha value is -1.85. The van der Waals surface area contributed by atoms with Gasteiger partial charge in [-0.3, -0.25) is 4.55 Å². The molecule has 2 aromatic rings. The molecule has 0 fully saturated rings. The summed E-state index contributed by atoms with van der Waals surface area (Å²) in [6, 6.07) is 14.0. The molecule has 0 aliphatic heterocycles. The highest BCUT2D eigenvalue weighted by Crippen LogP contribution is 2.27. The fourth-order valence-electron chi connectivity index (χ4n) is 3.78. The molecule has 0 aromatic heterocycles. The van der Waals surface area contributed by atoms with Gasteiger partial charge in [-0.15, -0.1) is 0 Å². The molecule has 4 nitrogen and oxygen atoms in total. The van der Waals surface area contributed by atoms with Crippen molar-refractivity contribution in [3.63, 3.8) is 0 Å². The quantitative estimate of drug-likeness (QED) is 0.210. The minimum atomic E-state index is -4.28. The van der Waals surface area contributed by atoms with Crippen LogP contribution in [-0.4, -0.2) is 13.0 Å². The maximum atomic E-state index is 11.7. The number of ether oxygens (including phenoxy) is 1. The van der Waals surface area contributed by atoms with Gasteiger partial charge in [0.05, 0.1) is 4.90 Å². The van der Waals surface area contributed by atoms with Crippen molar-refractivity contribution in [2.75, 3.05) is 0 Å². The standard InChI is InChI=1S/C26H38O4S/c1-2-3-4-5-6-7-8-9-10-11-12-14-17-23-20-25(22-26(21-23)31(27,28)29)30-24-18-15-13-16-19-24/h13,15-16,18-22H,2-12,14,17H2,1H3,(H,27,28,29). The van der Waals surface area contributed by atoms with Crippen LogP contribution in [0.25, 0.3) is 0 Å². The molecular formula is C26H38O4S. The van der Waals surface area contributed by atoms with Crippen LogP contribution in [0.2, 0.25) is 0 Å². The van der Waals surface area contributed by atoms with Gasteiger partial charge in [0.1, 0.15) is 11.5 Å². The first kappa shape index (κ1) is 25.4.